The number of aromatic nitrogens is 1. The Morgan fingerprint density at radius 2 is 2.04 bits per heavy atom. The molecule has 27 heavy (non-hydrogen) atoms. The minimum absolute atomic E-state index is 0.123. The van der Waals surface area contributed by atoms with Crippen LogP contribution >= 0.6 is 11.3 Å². The van der Waals surface area contributed by atoms with Gasteiger partial charge in [-0.3, -0.25) is 9.59 Å². The van der Waals surface area contributed by atoms with Gasteiger partial charge in [-0.05, 0) is 31.3 Å². The quantitative estimate of drug-likeness (QED) is 0.777. The van der Waals surface area contributed by atoms with E-state index in [2.05, 4.69) is 22.2 Å². The van der Waals surface area contributed by atoms with Gasteiger partial charge in [0.05, 0.1) is 11.4 Å². The van der Waals surface area contributed by atoms with Crippen LogP contribution in [0.2, 0.25) is 0 Å². The molecular formula is C19H25N5O2S. The Morgan fingerprint density at radius 3 is 2.78 bits per heavy atom. The van der Waals surface area contributed by atoms with Crippen LogP contribution in [0.5, 0.6) is 0 Å². The molecule has 1 aliphatic rings. The minimum atomic E-state index is -0.253. The smallest absolute Gasteiger partial charge is 0.275 e. The van der Waals surface area contributed by atoms with Crippen LogP contribution in [0.3, 0.4) is 0 Å². The third kappa shape index (κ3) is 5.35. The van der Waals surface area contributed by atoms with Gasteiger partial charge in [0, 0.05) is 43.7 Å². The number of carbonyl (C=O) groups excluding carboxylic acids is 2. The topological polar surface area (TPSA) is 91.6 Å². The van der Waals surface area contributed by atoms with Gasteiger partial charge >= 0.3 is 0 Å². The summed E-state index contributed by atoms with van der Waals surface area (Å²) in [6, 6.07) is 7.42. The molecule has 1 aromatic heterocycles. The van der Waals surface area contributed by atoms with Crippen LogP contribution in [0.1, 0.15) is 21.1 Å². The minimum Gasteiger partial charge on any atom is -0.340 e. The predicted molar refractivity (Wildman–Crippen MR) is 107 cm³/mol. The summed E-state index contributed by atoms with van der Waals surface area (Å²) in [6.07, 6.45) is 1.01. The molecular weight excluding hydrogens is 362 g/mol. The maximum Gasteiger partial charge on any atom is 0.275 e. The van der Waals surface area contributed by atoms with Crippen LogP contribution in [0.15, 0.2) is 29.6 Å². The first-order valence-corrected chi connectivity index (χ1v) is 9.94. The van der Waals surface area contributed by atoms with Crippen LogP contribution in [-0.4, -0.2) is 66.4 Å². The molecule has 3 N–H and O–H groups in total. The van der Waals surface area contributed by atoms with Crippen LogP contribution in [0, 0.1) is 0 Å². The molecule has 0 spiro atoms. The van der Waals surface area contributed by atoms with Gasteiger partial charge in [-0.25, -0.2) is 4.98 Å². The number of hydrogen-bond acceptors (Lipinski definition) is 6. The summed E-state index contributed by atoms with van der Waals surface area (Å²) in [5.74, 6) is -0.130. The molecule has 0 radical (unpaired) electrons. The molecule has 0 saturated carbocycles. The van der Waals surface area contributed by atoms with Crippen LogP contribution in [0.25, 0.3) is 0 Å². The van der Waals surface area contributed by atoms with Crippen molar-refractivity contribution >= 4 is 28.8 Å². The lowest BCUT2D eigenvalue weighted by molar-refractivity contribution is -0.132. The summed E-state index contributed by atoms with van der Waals surface area (Å²) in [5, 5.41) is 5.45. The van der Waals surface area contributed by atoms with Crippen molar-refractivity contribution in [3.8, 4) is 0 Å². The summed E-state index contributed by atoms with van der Waals surface area (Å²) in [6.45, 7) is 3.85. The fraction of sp³-hybridized carbons (Fsp3) is 0.421. The molecule has 1 aliphatic heterocycles. The van der Waals surface area contributed by atoms with Gasteiger partial charge < -0.3 is 20.9 Å². The van der Waals surface area contributed by atoms with Gasteiger partial charge in [-0.2, -0.15) is 0 Å². The van der Waals surface area contributed by atoms with Gasteiger partial charge in [-0.1, -0.05) is 12.1 Å². The van der Waals surface area contributed by atoms with E-state index in [1.807, 2.05) is 29.2 Å². The van der Waals surface area contributed by atoms with E-state index in [4.69, 9.17) is 5.73 Å². The van der Waals surface area contributed by atoms with Crippen molar-refractivity contribution in [1.29, 1.82) is 0 Å². The number of nitrogens with zero attached hydrogens (tertiary/aromatic N) is 3. The Kier molecular flexibility index (Phi) is 6.54. The van der Waals surface area contributed by atoms with Gasteiger partial charge in [-0.15, -0.1) is 11.3 Å². The number of nitrogens with two attached hydrogens (primary N) is 1. The van der Waals surface area contributed by atoms with E-state index in [0.717, 1.165) is 36.8 Å². The SMILES string of the molecule is CN1CCN(C(=O)Cc2cccc(NC(=O)c3csc(CCN)n3)c2)CC1. The molecule has 7 nitrogen and oxygen atoms in total. The number of piperazine rings is 1. The Bertz CT molecular complexity index is 799. The highest BCUT2D eigenvalue weighted by Crippen LogP contribution is 2.16. The summed E-state index contributed by atoms with van der Waals surface area (Å²) in [4.78, 5) is 33.3. The van der Waals surface area contributed by atoms with E-state index in [9.17, 15) is 9.59 Å². The van der Waals surface area contributed by atoms with Crippen molar-refractivity contribution in [2.75, 3.05) is 45.1 Å². The Balaban J connectivity index is 1.59. The van der Waals surface area contributed by atoms with Crippen molar-refractivity contribution in [2.45, 2.75) is 12.8 Å². The highest BCUT2D eigenvalue weighted by atomic mass is 32.1. The Morgan fingerprint density at radius 1 is 1.26 bits per heavy atom. The largest absolute Gasteiger partial charge is 0.340 e. The lowest BCUT2D eigenvalue weighted by Crippen LogP contribution is -2.47. The number of benzene rings is 1. The van der Waals surface area contributed by atoms with Crippen molar-refractivity contribution < 1.29 is 9.59 Å². The van der Waals surface area contributed by atoms with Crippen molar-refractivity contribution in [3.63, 3.8) is 0 Å². The number of amides is 2. The van der Waals surface area contributed by atoms with E-state index in [-0.39, 0.29) is 11.8 Å². The van der Waals surface area contributed by atoms with Crippen LogP contribution in [0.4, 0.5) is 5.69 Å². The molecule has 0 aliphatic carbocycles. The second kappa shape index (κ2) is 9.07. The Hall–Kier alpha value is -2.29. The van der Waals surface area contributed by atoms with Crippen LogP contribution < -0.4 is 11.1 Å². The predicted octanol–water partition coefficient (Wildman–Crippen LogP) is 1.21. The molecule has 3 rings (SSSR count). The molecule has 8 heteroatoms. The van der Waals surface area contributed by atoms with Gasteiger partial charge in [0.15, 0.2) is 0 Å². The highest BCUT2D eigenvalue weighted by molar-refractivity contribution is 7.09. The monoisotopic (exact) mass is 387 g/mol. The summed E-state index contributed by atoms with van der Waals surface area (Å²) < 4.78 is 0. The lowest BCUT2D eigenvalue weighted by Gasteiger charge is -2.32. The standard InChI is InChI=1S/C19H25N5O2S/c1-23-7-9-24(10-8-23)18(25)12-14-3-2-4-15(11-14)21-19(26)16-13-27-17(22-16)5-6-20/h2-4,11,13H,5-10,12,20H2,1H3,(H,21,26). The first-order valence-electron chi connectivity index (χ1n) is 9.06. The average molecular weight is 388 g/mol. The summed E-state index contributed by atoms with van der Waals surface area (Å²) in [5.41, 5.74) is 7.46. The molecule has 2 heterocycles. The number of carbonyl (C=O) groups is 2. The zero-order valence-corrected chi connectivity index (χ0v) is 16.3. The molecule has 1 fully saturated rings. The number of rotatable bonds is 6. The van der Waals surface area contributed by atoms with Crippen molar-refractivity contribution in [1.82, 2.24) is 14.8 Å². The molecule has 0 bridgehead atoms. The third-order valence-corrected chi connectivity index (χ3v) is 5.45. The van der Waals surface area contributed by atoms with Gasteiger partial charge in [0.2, 0.25) is 5.91 Å². The summed E-state index contributed by atoms with van der Waals surface area (Å²) >= 11 is 1.43. The molecule has 2 aromatic rings. The first-order chi connectivity index (χ1) is 13.0. The zero-order chi connectivity index (χ0) is 19.2. The number of hydrogen-bond donors (Lipinski definition) is 2. The van der Waals surface area contributed by atoms with Crippen molar-refractivity contribution in [3.05, 3.63) is 45.9 Å². The molecule has 2 amide bonds. The number of anilines is 1. The number of thiazole rings is 1. The van der Waals surface area contributed by atoms with E-state index < -0.39 is 0 Å². The molecule has 1 saturated heterocycles. The number of nitrogens with one attached hydrogen (secondary N) is 1. The first kappa shape index (κ1) is 19.5. The third-order valence-electron chi connectivity index (χ3n) is 4.54. The molecule has 0 atom stereocenters. The van der Waals surface area contributed by atoms with E-state index in [1.54, 1.807) is 5.38 Å². The maximum atomic E-state index is 12.5. The fourth-order valence-corrected chi connectivity index (χ4v) is 3.74. The van der Waals surface area contributed by atoms with Gasteiger partial charge in [0.1, 0.15) is 5.69 Å². The van der Waals surface area contributed by atoms with E-state index >= 15 is 0 Å². The maximum absolute atomic E-state index is 12.5. The highest BCUT2D eigenvalue weighted by Gasteiger charge is 2.19. The number of likely N-dealkylation sites (N-methyl/N-ethyl adjacent to an activating group) is 1. The summed E-state index contributed by atoms with van der Waals surface area (Å²) in [7, 11) is 2.06. The van der Waals surface area contributed by atoms with E-state index in [0.29, 0.717) is 30.8 Å². The van der Waals surface area contributed by atoms with Crippen LogP contribution in [-0.2, 0) is 17.6 Å². The normalized spacial score (nSPS) is 15.0. The lowest BCUT2D eigenvalue weighted by atomic mass is 10.1. The second-order valence-electron chi connectivity index (χ2n) is 6.68. The zero-order valence-electron chi connectivity index (χ0n) is 15.5. The molecule has 144 valence electrons. The fourth-order valence-electron chi connectivity index (χ4n) is 2.95. The molecule has 0 unspecified atom stereocenters. The van der Waals surface area contributed by atoms with Gasteiger partial charge in [0.25, 0.3) is 5.91 Å². The Labute approximate surface area is 163 Å². The average Bonchev–Trinajstić information content (AvgIpc) is 3.12. The molecule has 1 aromatic carbocycles. The van der Waals surface area contributed by atoms with E-state index in [1.165, 1.54) is 11.3 Å². The second-order valence-corrected chi connectivity index (χ2v) is 7.62. The van der Waals surface area contributed by atoms with Crippen molar-refractivity contribution in [2.24, 2.45) is 5.73 Å².